The highest BCUT2D eigenvalue weighted by molar-refractivity contribution is 5.49. The summed E-state index contributed by atoms with van der Waals surface area (Å²) in [6, 6.07) is 2.11. The largest absolute Gasteiger partial charge is 0.356 e. The monoisotopic (exact) mass is 286 g/mol. The Hall–Kier alpha value is -1.16. The Bertz CT molecular complexity index is 504. The molecule has 2 aliphatic heterocycles. The second-order valence-corrected chi connectivity index (χ2v) is 7.06. The molecule has 0 amide bonds. The molecule has 0 spiro atoms. The molecule has 4 rings (SSSR count). The zero-order valence-electron chi connectivity index (χ0n) is 13.0. The van der Waals surface area contributed by atoms with E-state index in [2.05, 4.69) is 27.2 Å². The smallest absolute Gasteiger partial charge is 0.135 e. The summed E-state index contributed by atoms with van der Waals surface area (Å²) >= 11 is 0. The molecule has 1 aromatic rings. The van der Waals surface area contributed by atoms with Crippen LogP contribution in [0.2, 0.25) is 0 Å². The molecule has 2 bridgehead atoms. The van der Waals surface area contributed by atoms with E-state index < -0.39 is 0 Å². The third kappa shape index (κ3) is 2.54. The molecular formula is C17H26N4. The molecule has 2 atom stereocenters. The van der Waals surface area contributed by atoms with Crippen LogP contribution < -0.4 is 10.2 Å². The normalized spacial score (nSPS) is 31.6. The summed E-state index contributed by atoms with van der Waals surface area (Å²) in [7, 11) is 2.25. The van der Waals surface area contributed by atoms with Gasteiger partial charge in [-0.05, 0) is 51.4 Å². The van der Waals surface area contributed by atoms with E-state index in [1.807, 2.05) is 0 Å². The van der Waals surface area contributed by atoms with Crippen molar-refractivity contribution in [2.45, 2.75) is 75.9 Å². The second kappa shape index (κ2) is 5.56. The van der Waals surface area contributed by atoms with E-state index in [9.17, 15) is 0 Å². The summed E-state index contributed by atoms with van der Waals surface area (Å²) in [6.45, 7) is 0. The fourth-order valence-electron chi connectivity index (χ4n) is 4.50. The van der Waals surface area contributed by atoms with Crippen molar-refractivity contribution in [1.82, 2.24) is 15.3 Å². The van der Waals surface area contributed by atoms with Gasteiger partial charge in [-0.3, -0.25) is 0 Å². The lowest BCUT2D eigenvalue weighted by atomic mass is 9.97. The van der Waals surface area contributed by atoms with Crippen molar-refractivity contribution in [3.63, 3.8) is 0 Å². The molecule has 21 heavy (non-hydrogen) atoms. The number of piperidine rings is 1. The Kier molecular flexibility index (Phi) is 3.57. The van der Waals surface area contributed by atoms with E-state index in [4.69, 9.17) is 0 Å². The number of anilines is 1. The van der Waals surface area contributed by atoms with E-state index >= 15 is 0 Å². The second-order valence-electron chi connectivity index (χ2n) is 7.06. The van der Waals surface area contributed by atoms with Crippen LogP contribution in [0.1, 0.15) is 56.2 Å². The number of nitrogens with one attached hydrogen (secondary N) is 1. The van der Waals surface area contributed by atoms with Gasteiger partial charge in [0, 0.05) is 36.4 Å². The van der Waals surface area contributed by atoms with Gasteiger partial charge in [-0.1, -0.05) is 6.42 Å². The molecule has 2 saturated heterocycles. The van der Waals surface area contributed by atoms with Gasteiger partial charge in [0.25, 0.3) is 0 Å². The van der Waals surface area contributed by atoms with E-state index in [1.54, 1.807) is 6.33 Å². The molecule has 1 aliphatic carbocycles. The quantitative estimate of drug-likeness (QED) is 0.848. The summed E-state index contributed by atoms with van der Waals surface area (Å²) in [5.41, 5.74) is 2.74. The zero-order chi connectivity index (χ0) is 14.2. The van der Waals surface area contributed by atoms with E-state index in [-0.39, 0.29) is 0 Å². The van der Waals surface area contributed by atoms with Crippen LogP contribution >= 0.6 is 0 Å². The first-order valence-corrected chi connectivity index (χ1v) is 8.63. The average Bonchev–Trinajstić information content (AvgIpc) is 2.73. The predicted octanol–water partition coefficient (Wildman–Crippen LogP) is 2.46. The lowest BCUT2D eigenvalue weighted by Crippen LogP contribution is -2.47. The van der Waals surface area contributed by atoms with Crippen LogP contribution in [-0.2, 0) is 12.8 Å². The molecular weight excluding hydrogens is 260 g/mol. The molecule has 2 fully saturated rings. The summed E-state index contributed by atoms with van der Waals surface area (Å²) in [5, 5.41) is 3.74. The fraction of sp³-hybridized carbons (Fsp3) is 0.765. The number of hydrogen-bond acceptors (Lipinski definition) is 4. The minimum absolute atomic E-state index is 0.644. The molecule has 114 valence electrons. The minimum Gasteiger partial charge on any atom is -0.356 e. The van der Waals surface area contributed by atoms with Gasteiger partial charge in [0.15, 0.2) is 0 Å². The van der Waals surface area contributed by atoms with Gasteiger partial charge in [-0.25, -0.2) is 9.97 Å². The summed E-state index contributed by atoms with van der Waals surface area (Å²) in [5.74, 6) is 1.22. The van der Waals surface area contributed by atoms with E-state index in [1.165, 1.54) is 62.0 Å². The molecule has 1 aromatic heterocycles. The summed E-state index contributed by atoms with van der Waals surface area (Å²) < 4.78 is 0. The van der Waals surface area contributed by atoms with Crippen LogP contribution in [0.4, 0.5) is 5.82 Å². The highest BCUT2D eigenvalue weighted by atomic mass is 15.2. The van der Waals surface area contributed by atoms with Gasteiger partial charge in [0.2, 0.25) is 0 Å². The topological polar surface area (TPSA) is 41.1 Å². The van der Waals surface area contributed by atoms with Crippen molar-refractivity contribution in [3.8, 4) is 0 Å². The van der Waals surface area contributed by atoms with Gasteiger partial charge >= 0.3 is 0 Å². The number of hydrogen-bond donors (Lipinski definition) is 1. The first kappa shape index (κ1) is 13.5. The van der Waals surface area contributed by atoms with E-state index in [0.717, 1.165) is 24.9 Å². The van der Waals surface area contributed by atoms with Crippen LogP contribution in [0, 0.1) is 0 Å². The molecule has 0 aromatic carbocycles. The average molecular weight is 286 g/mol. The standard InChI is InChI=1S/C17H26N4/c1-21(14-9-12-7-8-13(10-14)20-12)17-15-5-3-2-4-6-16(15)18-11-19-17/h11-14,20H,2-10H2,1H3. The maximum absolute atomic E-state index is 4.67. The number of aryl methyl sites for hydroxylation is 1. The van der Waals surface area contributed by atoms with Crippen LogP contribution in [-0.4, -0.2) is 35.1 Å². The number of fused-ring (bicyclic) bond motifs is 3. The first-order valence-electron chi connectivity index (χ1n) is 8.63. The van der Waals surface area contributed by atoms with Crippen molar-refractivity contribution in [2.24, 2.45) is 0 Å². The molecule has 2 unspecified atom stereocenters. The maximum Gasteiger partial charge on any atom is 0.135 e. The molecule has 4 heteroatoms. The van der Waals surface area contributed by atoms with Gasteiger partial charge in [-0.2, -0.15) is 0 Å². The molecule has 0 radical (unpaired) electrons. The van der Waals surface area contributed by atoms with Gasteiger partial charge < -0.3 is 10.2 Å². The Morgan fingerprint density at radius 2 is 1.81 bits per heavy atom. The van der Waals surface area contributed by atoms with Crippen molar-refractivity contribution < 1.29 is 0 Å². The maximum atomic E-state index is 4.67. The lowest BCUT2D eigenvalue weighted by molar-refractivity contribution is 0.353. The van der Waals surface area contributed by atoms with Crippen molar-refractivity contribution >= 4 is 5.82 Å². The van der Waals surface area contributed by atoms with Crippen LogP contribution in [0.3, 0.4) is 0 Å². The Balaban J connectivity index is 1.60. The molecule has 4 nitrogen and oxygen atoms in total. The third-order valence-electron chi connectivity index (χ3n) is 5.68. The molecule has 3 aliphatic rings. The highest BCUT2D eigenvalue weighted by Crippen LogP contribution is 2.33. The Morgan fingerprint density at radius 3 is 2.62 bits per heavy atom. The van der Waals surface area contributed by atoms with Crippen LogP contribution in [0.15, 0.2) is 6.33 Å². The van der Waals surface area contributed by atoms with E-state index in [0.29, 0.717) is 6.04 Å². The molecule has 0 saturated carbocycles. The number of rotatable bonds is 2. The number of nitrogens with zero attached hydrogens (tertiary/aromatic N) is 3. The van der Waals surface area contributed by atoms with Crippen LogP contribution in [0.5, 0.6) is 0 Å². The van der Waals surface area contributed by atoms with Crippen molar-refractivity contribution in [1.29, 1.82) is 0 Å². The zero-order valence-corrected chi connectivity index (χ0v) is 13.0. The SMILES string of the molecule is CN(c1ncnc2c1CCCCC2)C1CC2CCC(C1)N2. The lowest BCUT2D eigenvalue weighted by Gasteiger charge is -2.37. The van der Waals surface area contributed by atoms with Crippen LogP contribution in [0.25, 0.3) is 0 Å². The molecule has 1 N–H and O–H groups in total. The first-order chi connectivity index (χ1) is 10.3. The number of aromatic nitrogens is 2. The summed E-state index contributed by atoms with van der Waals surface area (Å²) in [6.07, 6.45) is 13.2. The van der Waals surface area contributed by atoms with Crippen molar-refractivity contribution in [2.75, 3.05) is 11.9 Å². The molecule has 3 heterocycles. The highest BCUT2D eigenvalue weighted by Gasteiger charge is 2.36. The Morgan fingerprint density at radius 1 is 1.05 bits per heavy atom. The fourth-order valence-corrected chi connectivity index (χ4v) is 4.50. The van der Waals surface area contributed by atoms with Gasteiger partial charge in [0.1, 0.15) is 12.1 Å². The Labute approximate surface area is 127 Å². The van der Waals surface area contributed by atoms with Gasteiger partial charge in [0.05, 0.1) is 0 Å². The third-order valence-corrected chi connectivity index (χ3v) is 5.68. The minimum atomic E-state index is 0.644. The van der Waals surface area contributed by atoms with Crippen molar-refractivity contribution in [3.05, 3.63) is 17.6 Å². The summed E-state index contributed by atoms with van der Waals surface area (Å²) in [4.78, 5) is 11.7. The van der Waals surface area contributed by atoms with Gasteiger partial charge in [-0.15, -0.1) is 0 Å². The predicted molar refractivity (Wildman–Crippen MR) is 84.7 cm³/mol.